The van der Waals surface area contributed by atoms with Gasteiger partial charge in [-0.2, -0.15) is 0 Å². The molecule has 0 bridgehead atoms. The van der Waals surface area contributed by atoms with Gasteiger partial charge in [-0.3, -0.25) is 10.1 Å². The fourth-order valence-corrected chi connectivity index (χ4v) is 2.08. The second-order valence-electron chi connectivity index (χ2n) is 3.54. The zero-order valence-electron chi connectivity index (χ0n) is 9.98. The summed E-state index contributed by atoms with van der Waals surface area (Å²) in [6, 6.07) is 3.17. The number of carbonyl (C=O) groups is 1. The molecule has 20 heavy (non-hydrogen) atoms. The van der Waals surface area contributed by atoms with Gasteiger partial charge in [0.1, 0.15) is 23.8 Å². The summed E-state index contributed by atoms with van der Waals surface area (Å²) >= 11 is 1.03. The maximum Gasteiger partial charge on any atom is 0.263 e. The number of aromatic nitrogens is 1. The van der Waals surface area contributed by atoms with Gasteiger partial charge in [0.25, 0.3) is 5.91 Å². The molecule has 0 aliphatic heterocycles. The van der Waals surface area contributed by atoms with Crippen molar-refractivity contribution in [3.05, 3.63) is 46.5 Å². The van der Waals surface area contributed by atoms with Crippen molar-refractivity contribution in [2.24, 2.45) is 0 Å². The first kappa shape index (κ1) is 14.1. The van der Waals surface area contributed by atoms with Gasteiger partial charge >= 0.3 is 0 Å². The first-order valence-corrected chi connectivity index (χ1v) is 6.24. The molecule has 0 radical (unpaired) electrons. The normalized spacial score (nSPS) is 9.75. The van der Waals surface area contributed by atoms with Gasteiger partial charge in [0.2, 0.25) is 0 Å². The van der Waals surface area contributed by atoms with Gasteiger partial charge in [-0.1, -0.05) is 29.2 Å². The smallest absolute Gasteiger partial charge is 0.263 e. The molecule has 2 aromatic rings. The van der Waals surface area contributed by atoms with Crippen LogP contribution in [0, 0.1) is 23.5 Å². The van der Waals surface area contributed by atoms with Crippen molar-refractivity contribution in [1.82, 2.24) is 4.98 Å². The number of hydrogen-bond acceptors (Lipinski definition) is 4. The molecule has 2 N–H and O–H groups in total. The minimum Gasteiger partial charge on any atom is -0.384 e. The van der Waals surface area contributed by atoms with Crippen LogP contribution in [0.5, 0.6) is 0 Å². The maximum absolute atomic E-state index is 13.4. The van der Waals surface area contributed by atoms with Crippen LogP contribution in [-0.4, -0.2) is 22.6 Å². The van der Waals surface area contributed by atoms with E-state index < -0.39 is 23.1 Å². The van der Waals surface area contributed by atoms with E-state index in [4.69, 9.17) is 5.11 Å². The lowest BCUT2D eigenvalue weighted by molar-refractivity contribution is 0.101. The number of hydrogen-bond donors (Lipinski definition) is 2. The number of nitrogens with one attached hydrogen (secondary N) is 1. The van der Waals surface area contributed by atoms with Gasteiger partial charge in [-0.15, -0.1) is 0 Å². The number of aliphatic hydroxyl groups excluding tert-OH is 1. The summed E-state index contributed by atoms with van der Waals surface area (Å²) in [5.41, 5.74) is -0.661. The molecule has 0 aliphatic carbocycles. The van der Waals surface area contributed by atoms with E-state index in [-0.39, 0.29) is 11.7 Å². The lowest BCUT2D eigenvalue weighted by atomic mass is 10.2. The van der Waals surface area contributed by atoms with Crippen LogP contribution in [0.1, 0.15) is 15.2 Å². The third kappa shape index (κ3) is 3.17. The number of amides is 1. The van der Waals surface area contributed by atoms with E-state index >= 15 is 0 Å². The summed E-state index contributed by atoms with van der Waals surface area (Å²) in [4.78, 5) is 16.1. The fraction of sp³-hybridized carbons (Fsp3) is 0.0769. The third-order valence-corrected chi connectivity index (χ3v) is 3.03. The SMILES string of the molecule is O=C(Nc1ncc(C#CCO)s1)c1c(F)cccc1F. The highest BCUT2D eigenvalue weighted by Gasteiger charge is 2.18. The van der Waals surface area contributed by atoms with Crippen LogP contribution in [0.4, 0.5) is 13.9 Å². The Morgan fingerprint density at radius 2 is 2.10 bits per heavy atom. The van der Waals surface area contributed by atoms with Crippen LogP contribution in [0.25, 0.3) is 0 Å². The Morgan fingerprint density at radius 1 is 1.40 bits per heavy atom. The summed E-state index contributed by atoms with van der Waals surface area (Å²) in [7, 11) is 0. The van der Waals surface area contributed by atoms with E-state index in [1.807, 2.05) is 0 Å². The van der Waals surface area contributed by atoms with Crippen molar-refractivity contribution in [3.8, 4) is 11.8 Å². The molecule has 0 spiro atoms. The summed E-state index contributed by atoms with van der Waals surface area (Å²) in [5, 5.41) is 11.0. The van der Waals surface area contributed by atoms with E-state index in [1.54, 1.807) is 0 Å². The van der Waals surface area contributed by atoms with Crippen LogP contribution in [-0.2, 0) is 0 Å². The molecule has 0 unspecified atom stereocenters. The molecule has 1 aromatic carbocycles. The molecular formula is C13H8F2N2O2S. The van der Waals surface area contributed by atoms with E-state index in [0.29, 0.717) is 4.88 Å². The molecule has 0 atom stereocenters. The molecule has 2 rings (SSSR count). The Labute approximate surface area is 117 Å². The van der Waals surface area contributed by atoms with Crippen molar-refractivity contribution in [2.75, 3.05) is 11.9 Å². The number of halogens is 2. The Balaban J connectivity index is 2.18. The molecule has 1 aromatic heterocycles. The van der Waals surface area contributed by atoms with Crippen LogP contribution >= 0.6 is 11.3 Å². The van der Waals surface area contributed by atoms with Gasteiger partial charge in [-0.25, -0.2) is 13.8 Å². The highest BCUT2D eigenvalue weighted by molar-refractivity contribution is 7.16. The standard InChI is InChI=1S/C13H8F2N2O2S/c14-9-4-1-5-10(15)11(9)12(19)17-13-16-7-8(20-13)3-2-6-18/h1,4-5,7,18H,6H2,(H,16,17,19). The fourth-order valence-electron chi connectivity index (χ4n) is 1.39. The van der Waals surface area contributed by atoms with Gasteiger partial charge < -0.3 is 5.11 Å². The summed E-state index contributed by atoms with van der Waals surface area (Å²) in [6.45, 7) is -0.292. The van der Waals surface area contributed by atoms with Gasteiger partial charge in [0, 0.05) is 0 Å². The molecule has 102 valence electrons. The lowest BCUT2D eigenvalue weighted by Gasteiger charge is -2.03. The molecule has 0 aliphatic rings. The second-order valence-corrected chi connectivity index (χ2v) is 4.57. The highest BCUT2D eigenvalue weighted by atomic mass is 32.1. The quantitative estimate of drug-likeness (QED) is 0.833. The maximum atomic E-state index is 13.4. The van der Waals surface area contributed by atoms with Crippen molar-refractivity contribution in [1.29, 1.82) is 0 Å². The van der Waals surface area contributed by atoms with E-state index in [9.17, 15) is 13.6 Å². The Kier molecular flexibility index (Phi) is 4.40. The number of benzene rings is 1. The van der Waals surface area contributed by atoms with Crippen LogP contribution in [0.2, 0.25) is 0 Å². The zero-order valence-corrected chi connectivity index (χ0v) is 10.8. The van der Waals surface area contributed by atoms with Gasteiger partial charge in [-0.05, 0) is 12.1 Å². The lowest BCUT2D eigenvalue weighted by Crippen LogP contribution is -2.15. The second kappa shape index (κ2) is 6.23. The molecule has 4 nitrogen and oxygen atoms in total. The van der Waals surface area contributed by atoms with Crippen LogP contribution in [0.3, 0.4) is 0 Å². The predicted octanol–water partition coefficient (Wildman–Crippen LogP) is 2.02. The largest absolute Gasteiger partial charge is 0.384 e. The number of carbonyl (C=O) groups excluding carboxylic acids is 1. The average Bonchev–Trinajstić information content (AvgIpc) is 2.83. The van der Waals surface area contributed by atoms with E-state index in [1.165, 1.54) is 12.3 Å². The minimum absolute atomic E-state index is 0.167. The average molecular weight is 294 g/mol. The Bertz CT molecular complexity index is 684. The Morgan fingerprint density at radius 3 is 2.75 bits per heavy atom. The molecular weight excluding hydrogens is 286 g/mol. The highest BCUT2D eigenvalue weighted by Crippen LogP contribution is 2.19. The summed E-state index contributed by atoms with van der Waals surface area (Å²) < 4.78 is 26.8. The third-order valence-electron chi connectivity index (χ3n) is 2.21. The molecule has 0 saturated carbocycles. The first-order valence-electron chi connectivity index (χ1n) is 5.42. The number of thiazole rings is 1. The van der Waals surface area contributed by atoms with E-state index in [0.717, 1.165) is 23.5 Å². The van der Waals surface area contributed by atoms with Crippen molar-refractivity contribution in [3.63, 3.8) is 0 Å². The number of rotatable bonds is 2. The van der Waals surface area contributed by atoms with Gasteiger partial charge in [0.05, 0.1) is 11.1 Å². The van der Waals surface area contributed by atoms with Crippen LogP contribution in [0.15, 0.2) is 24.4 Å². The monoisotopic (exact) mass is 294 g/mol. The first-order chi connectivity index (χ1) is 9.61. The number of nitrogens with zero attached hydrogens (tertiary/aromatic N) is 1. The topological polar surface area (TPSA) is 62.2 Å². The predicted molar refractivity (Wildman–Crippen MR) is 70.4 cm³/mol. The molecule has 0 fully saturated rings. The number of anilines is 1. The molecule has 0 saturated heterocycles. The summed E-state index contributed by atoms with van der Waals surface area (Å²) in [5.74, 6) is 2.22. The molecule has 7 heteroatoms. The van der Waals surface area contributed by atoms with Crippen molar-refractivity contribution >= 4 is 22.4 Å². The summed E-state index contributed by atoms with van der Waals surface area (Å²) in [6.07, 6.45) is 1.39. The van der Waals surface area contributed by atoms with Crippen molar-refractivity contribution in [2.45, 2.75) is 0 Å². The zero-order chi connectivity index (χ0) is 14.5. The molecule has 1 heterocycles. The Hall–Kier alpha value is -2.30. The minimum atomic E-state index is -0.945. The number of aliphatic hydroxyl groups is 1. The molecule has 1 amide bonds. The van der Waals surface area contributed by atoms with Crippen molar-refractivity contribution < 1.29 is 18.7 Å². The van der Waals surface area contributed by atoms with E-state index in [2.05, 4.69) is 22.1 Å². The van der Waals surface area contributed by atoms with Gasteiger partial charge in [0.15, 0.2) is 5.13 Å². The van der Waals surface area contributed by atoms with Crippen LogP contribution < -0.4 is 5.32 Å².